The topological polar surface area (TPSA) is 107 Å². The summed E-state index contributed by atoms with van der Waals surface area (Å²) in [6.07, 6.45) is -4.82. The van der Waals surface area contributed by atoms with Crippen LogP contribution in [0.15, 0.2) is 12.2 Å². The maximum atomic E-state index is 13.2. The highest BCUT2D eigenvalue weighted by Crippen LogP contribution is 2.58. The van der Waals surface area contributed by atoms with E-state index in [2.05, 4.69) is 11.3 Å². The Labute approximate surface area is 172 Å². The molecule has 0 heterocycles. The zero-order valence-electron chi connectivity index (χ0n) is 16.5. The minimum absolute atomic E-state index is 0.00707. The van der Waals surface area contributed by atoms with Crippen molar-refractivity contribution < 1.29 is 45.2 Å². The van der Waals surface area contributed by atoms with Crippen molar-refractivity contribution in [2.24, 2.45) is 23.7 Å². The van der Waals surface area contributed by atoms with Gasteiger partial charge >= 0.3 is 18.1 Å². The molecular formula is C19H25F3O7S. The van der Waals surface area contributed by atoms with Crippen molar-refractivity contribution >= 4 is 22.1 Å². The summed E-state index contributed by atoms with van der Waals surface area (Å²) in [5.41, 5.74) is -0.785. The molecule has 0 radical (unpaired) electrons. The fraction of sp³-hybridized carbons (Fsp3) is 0.789. The van der Waals surface area contributed by atoms with Crippen LogP contribution >= 0.6 is 0 Å². The fourth-order valence-corrected chi connectivity index (χ4v) is 6.06. The third-order valence-corrected chi connectivity index (χ3v) is 7.22. The lowest BCUT2D eigenvalue weighted by molar-refractivity contribution is -0.225. The number of esters is 2. The van der Waals surface area contributed by atoms with Crippen molar-refractivity contribution in [3.63, 3.8) is 0 Å². The molecule has 0 spiro atoms. The smallest absolute Gasteiger partial charge is 0.426 e. The highest BCUT2D eigenvalue weighted by atomic mass is 32.2. The zero-order valence-corrected chi connectivity index (χ0v) is 17.3. The lowest BCUT2D eigenvalue weighted by Gasteiger charge is -2.56. The summed E-state index contributed by atoms with van der Waals surface area (Å²) in [5.74, 6) is -4.39. The second-order valence-corrected chi connectivity index (χ2v) is 10.4. The molecule has 0 aromatic heterocycles. The van der Waals surface area contributed by atoms with Crippen LogP contribution in [0, 0.1) is 23.7 Å². The number of alkyl halides is 3. The highest BCUT2D eigenvalue weighted by molar-refractivity contribution is 7.85. The van der Waals surface area contributed by atoms with E-state index in [1.165, 1.54) is 6.92 Å². The maximum absolute atomic E-state index is 13.2. The van der Waals surface area contributed by atoms with Crippen LogP contribution in [0.4, 0.5) is 13.2 Å². The average molecular weight is 454 g/mol. The molecule has 0 aromatic rings. The average Bonchev–Trinajstić information content (AvgIpc) is 2.56. The van der Waals surface area contributed by atoms with E-state index in [9.17, 15) is 31.2 Å². The van der Waals surface area contributed by atoms with Crippen LogP contribution in [-0.4, -0.2) is 48.5 Å². The first-order valence-electron chi connectivity index (χ1n) is 9.80. The highest BCUT2D eigenvalue weighted by Gasteiger charge is 2.58. The monoisotopic (exact) mass is 454 g/mol. The summed E-state index contributed by atoms with van der Waals surface area (Å²) in [6.45, 7) is 5.04. The van der Waals surface area contributed by atoms with Gasteiger partial charge in [0.15, 0.2) is 0 Å². The first-order chi connectivity index (χ1) is 13.7. The Bertz CT molecular complexity index is 834. The summed E-state index contributed by atoms with van der Waals surface area (Å²) in [6, 6.07) is 0. The van der Waals surface area contributed by atoms with E-state index in [0.29, 0.717) is 25.2 Å². The number of hydrogen-bond acceptors (Lipinski definition) is 6. The van der Waals surface area contributed by atoms with Crippen molar-refractivity contribution in [3.05, 3.63) is 12.2 Å². The number of carbonyl (C=O) groups excluding carboxylic acids is 2. The predicted octanol–water partition coefficient (Wildman–Crippen LogP) is 3.05. The molecule has 170 valence electrons. The molecule has 1 N–H and O–H groups in total. The zero-order chi connectivity index (χ0) is 22.5. The van der Waals surface area contributed by atoms with Crippen LogP contribution in [0.1, 0.15) is 45.4 Å². The van der Waals surface area contributed by atoms with Crippen LogP contribution in [0.5, 0.6) is 0 Å². The summed E-state index contributed by atoms with van der Waals surface area (Å²) in [4.78, 5) is 24.9. The Morgan fingerprint density at radius 1 is 1.23 bits per heavy atom. The van der Waals surface area contributed by atoms with Crippen LogP contribution in [0.2, 0.25) is 0 Å². The Hall–Kier alpha value is -1.62. The molecule has 6 atom stereocenters. The first-order valence-corrected chi connectivity index (χ1v) is 11.4. The van der Waals surface area contributed by atoms with Crippen molar-refractivity contribution in [2.75, 3.05) is 5.75 Å². The van der Waals surface area contributed by atoms with Crippen molar-refractivity contribution in [2.45, 2.75) is 63.3 Å². The molecule has 3 bridgehead atoms. The fourth-order valence-electron chi connectivity index (χ4n) is 5.42. The number of rotatable bonds is 6. The van der Waals surface area contributed by atoms with Crippen LogP contribution in [-0.2, 0) is 29.2 Å². The van der Waals surface area contributed by atoms with Gasteiger partial charge in [-0.1, -0.05) is 6.58 Å². The number of ether oxygens (including phenoxy) is 2. The quantitative estimate of drug-likeness (QED) is 0.373. The summed E-state index contributed by atoms with van der Waals surface area (Å²) < 4.78 is 80.6. The minimum atomic E-state index is -5.15. The standard InChI is InChI=1S/C19H25F3O7S/c1-10(2)16(23)29-18-6-11-3-4-13(12(5-11)7-18)14(8-18)17(24)28-15(19(20,21)22)9-30(25,26)27/h11-15H,1,3-9H2,2H3,(H,25,26,27). The van der Waals surface area contributed by atoms with Gasteiger partial charge in [-0.25, -0.2) is 4.79 Å². The third kappa shape index (κ3) is 4.99. The second kappa shape index (κ2) is 7.81. The van der Waals surface area contributed by atoms with Crippen molar-refractivity contribution in [1.82, 2.24) is 0 Å². The molecule has 6 unspecified atom stereocenters. The van der Waals surface area contributed by atoms with E-state index in [0.717, 1.165) is 12.8 Å². The van der Waals surface area contributed by atoms with Gasteiger partial charge in [0.2, 0.25) is 6.10 Å². The molecule has 7 nitrogen and oxygen atoms in total. The van der Waals surface area contributed by atoms with E-state index >= 15 is 0 Å². The molecule has 30 heavy (non-hydrogen) atoms. The SMILES string of the molecule is C=C(C)C(=O)OC12CC3CCC(C(C3)C1)C(C(=O)OC(CS(=O)(=O)O)C(F)(F)F)C2. The van der Waals surface area contributed by atoms with E-state index in [-0.39, 0.29) is 23.8 Å². The predicted molar refractivity (Wildman–Crippen MR) is 97.6 cm³/mol. The van der Waals surface area contributed by atoms with Gasteiger partial charge in [-0.3, -0.25) is 9.35 Å². The molecular weight excluding hydrogens is 429 g/mol. The maximum Gasteiger partial charge on any atom is 0.426 e. The normalized spacial score (nSPS) is 34.2. The van der Waals surface area contributed by atoms with Crippen LogP contribution in [0.3, 0.4) is 0 Å². The number of carbonyl (C=O) groups is 2. The molecule has 0 aromatic carbocycles. The molecule has 3 fully saturated rings. The first kappa shape index (κ1) is 23.1. The largest absolute Gasteiger partial charge is 0.456 e. The van der Waals surface area contributed by atoms with Gasteiger partial charge in [0.1, 0.15) is 11.4 Å². The van der Waals surface area contributed by atoms with Crippen LogP contribution < -0.4 is 0 Å². The number of hydrogen-bond donors (Lipinski definition) is 1. The number of fused-ring (bicyclic) bond motifs is 2. The molecule has 11 heteroatoms. The van der Waals surface area contributed by atoms with Gasteiger partial charge in [-0.05, 0) is 56.8 Å². The van der Waals surface area contributed by atoms with Crippen LogP contribution in [0.25, 0.3) is 0 Å². The molecule has 3 aliphatic carbocycles. The molecule has 0 aliphatic heterocycles. The van der Waals surface area contributed by atoms with Crippen molar-refractivity contribution in [3.8, 4) is 0 Å². The second-order valence-electron chi connectivity index (χ2n) is 8.89. The Balaban J connectivity index is 1.84. The van der Waals surface area contributed by atoms with Gasteiger partial charge in [0.05, 0.1) is 5.92 Å². The van der Waals surface area contributed by atoms with Gasteiger partial charge in [-0.15, -0.1) is 0 Å². The van der Waals surface area contributed by atoms with Crippen molar-refractivity contribution in [1.29, 1.82) is 0 Å². The third-order valence-electron chi connectivity index (χ3n) is 6.50. The van der Waals surface area contributed by atoms with E-state index in [1.54, 1.807) is 0 Å². The Kier molecular flexibility index (Phi) is 6.00. The summed E-state index contributed by atoms with van der Waals surface area (Å²) in [5, 5.41) is 0. The van der Waals surface area contributed by atoms with Gasteiger partial charge in [-0.2, -0.15) is 21.6 Å². The number of halogens is 3. The molecule has 0 saturated heterocycles. The Morgan fingerprint density at radius 2 is 1.90 bits per heavy atom. The van der Waals surface area contributed by atoms with Gasteiger partial charge in [0.25, 0.3) is 10.1 Å². The molecule has 3 aliphatic rings. The minimum Gasteiger partial charge on any atom is -0.456 e. The van der Waals surface area contributed by atoms with E-state index in [1.807, 2.05) is 0 Å². The summed E-state index contributed by atoms with van der Waals surface area (Å²) in [7, 11) is -5.02. The van der Waals surface area contributed by atoms with Gasteiger partial charge in [0, 0.05) is 12.0 Å². The molecule has 0 amide bonds. The van der Waals surface area contributed by atoms with E-state index < -0.39 is 51.6 Å². The van der Waals surface area contributed by atoms with E-state index in [4.69, 9.17) is 9.29 Å². The lowest BCUT2D eigenvalue weighted by atomic mass is 9.52. The lowest BCUT2D eigenvalue weighted by Crippen LogP contribution is -2.56. The Morgan fingerprint density at radius 3 is 2.47 bits per heavy atom. The van der Waals surface area contributed by atoms with Gasteiger partial charge < -0.3 is 9.47 Å². The molecule has 3 saturated carbocycles. The molecule has 3 rings (SSSR count). The summed E-state index contributed by atoms with van der Waals surface area (Å²) >= 11 is 0.